The quantitative estimate of drug-likeness (QED) is 0.470. The maximum atomic E-state index is 12.0. The van der Waals surface area contributed by atoms with E-state index in [0.29, 0.717) is 6.54 Å². The molecule has 0 aromatic heterocycles. The number of hydrogen-bond donors (Lipinski definition) is 1. The first-order valence-corrected chi connectivity index (χ1v) is 7.74. The molecule has 6 nitrogen and oxygen atoms in total. The summed E-state index contributed by atoms with van der Waals surface area (Å²) in [4.78, 5) is 22.3. The van der Waals surface area contributed by atoms with Crippen molar-refractivity contribution in [2.24, 2.45) is 0 Å². The van der Waals surface area contributed by atoms with Gasteiger partial charge < -0.3 is 10.1 Å². The van der Waals surface area contributed by atoms with Gasteiger partial charge in [0.1, 0.15) is 10.8 Å². The van der Waals surface area contributed by atoms with Gasteiger partial charge in [0.05, 0.1) is 12.0 Å². The fourth-order valence-electron chi connectivity index (χ4n) is 2.18. The Balaban J connectivity index is 1.84. The van der Waals surface area contributed by atoms with Gasteiger partial charge in [0, 0.05) is 18.2 Å². The lowest BCUT2D eigenvalue weighted by Gasteiger charge is -2.06. The van der Waals surface area contributed by atoms with E-state index >= 15 is 0 Å². The molecule has 0 atom stereocenters. The highest BCUT2D eigenvalue weighted by molar-refractivity contribution is 6.32. The van der Waals surface area contributed by atoms with Crippen molar-refractivity contribution in [2.45, 2.75) is 12.8 Å². The number of nitrogens with one attached hydrogen (secondary N) is 1. The zero-order valence-corrected chi connectivity index (χ0v) is 13.9. The Labute approximate surface area is 144 Å². The van der Waals surface area contributed by atoms with Crippen LogP contribution in [-0.4, -0.2) is 24.5 Å². The third-order valence-corrected chi connectivity index (χ3v) is 3.81. The molecule has 2 rings (SSSR count). The first-order chi connectivity index (χ1) is 11.5. The van der Waals surface area contributed by atoms with E-state index in [-0.39, 0.29) is 22.2 Å². The number of benzene rings is 2. The summed E-state index contributed by atoms with van der Waals surface area (Å²) < 4.78 is 5.10. The van der Waals surface area contributed by atoms with Gasteiger partial charge in [-0.1, -0.05) is 23.7 Å². The minimum atomic E-state index is -0.608. The van der Waals surface area contributed by atoms with E-state index in [9.17, 15) is 14.9 Å². The summed E-state index contributed by atoms with van der Waals surface area (Å²) >= 11 is 5.73. The van der Waals surface area contributed by atoms with E-state index in [1.807, 2.05) is 24.3 Å². The maximum absolute atomic E-state index is 12.0. The Kier molecular flexibility index (Phi) is 6.14. The molecule has 24 heavy (non-hydrogen) atoms. The van der Waals surface area contributed by atoms with E-state index < -0.39 is 4.92 Å². The molecule has 7 heteroatoms. The van der Waals surface area contributed by atoms with Crippen LogP contribution in [0.4, 0.5) is 5.69 Å². The molecule has 0 unspecified atom stereocenters. The molecule has 0 spiro atoms. The van der Waals surface area contributed by atoms with Crippen LogP contribution in [0.25, 0.3) is 0 Å². The van der Waals surface area contributed by atoms with Crippen LogP contribution in [0.1, 0.15) is 22.3 Å². The minimum absolute atomic E-state index is 0.0102. The lowest BCUT2D eigenvalue weighted by molar-refractivity contribution is -0.384. The number of nitro benzene ring substituents is 1. The monoisotopic (exact) mass is 348 g/mol. The lowest BCUT2D eigenvalue weighted by atomic mass is 10.1. The van der Waals surface area contributed by atoms with Crippen molar-refractivity contribution < 1.29 is 14.5 Å². The van der Waals surface area contributed by atoms with Gasteiger partial charge in [-0.25, -0.2) is 0 Å². The summed E-state index contributed by atoms with van der Waals surface area (Å²) in [5.74, 6) is 0.445. The highest BCUT2D eigenvalue weighted by Gasteiger charge is 2.15. The number of nitrogens with zero attached hydrogens (tertiary/aromatic N) is 1. The van der Waals surface area contributed by atoms with Crippen molar-refractivity contribution >= 4 is 23.2 Å². The van der Waals surface area contributed by atoms with Gasteiger partial charge in [-0.15, -0.1) is 0 Å². The Morgan fingerprint density at radius 2 is 1.96 bits per heavy atom. The van der Waals surface area contributed by atoms with Crippen LogP contribution in [0, 0.1) is 10.1 Å². The third kappa shape index (κ3) is 4.70. The van der Waals surface area contributed by atoms with Crippen LogP contribution >= 0.6 is 11.6 Å². The summed E-state index contributed by atoms with van der Waals surface area (Å²) in [5, 5.41) is 13.6. The van der Waals surface area contributed by atoms with Gasteiger partial charge in [0.2, 0.25) is 0 Å². The molecule has 2 aromatic rings. The molecule has 0 aliphatic rings. The van der Waals surface area contributed by atoms with Crippen LogP contribution in [-0.2, 0) is 6.42 Å². The highest BCUT2D eigenvalue weighted by Crippen LogP contribution is 2.25. The molecule has 0 saturated heterocycles. The van der Waals surface area contributed by atoms with Gasteiger partial charge in [-0.05, 0) is 42.7 Å². The average Bonchev–Trinajstić information content (AvgIpc) is 2.59. The van der Waals surface area contributed by atoms with E-state index in [1.54, 1.807) is 7.11 Å². The number of methoxy groups -OCH3 is 1. The second-order valence-corrected chi connectivity index (χ2v) is 5.54. The van der Waals surface area contributed by atoms with Gasteiger partial charge in [-0.3, -0.25) is 14.9 Å². The number of amides is 1. The molecule has 1 amide bonds. The van der Waals surface area contributed by atoms with Gasteiger partial charge in [0.25, 0.3) is 11.6 Å². The first-order valence-electron chi connectivity index (χ1n) is 7.36. The van der Waals surface area contributed by atoms with Gasteiger partial charge in [0.15, 0.2) is 0 Å². The Bertz CT molecular complexity index is 732. The molecule has 0 aliphatic carbocycles. The smallest absolute Gasteiger partial charge is 0.288 e. The summed E-state index contributed by atoms with van der Waals surface area (Å²) in [6.45, 7) is 0.473. The van der Waals surface area contributed by atoms with Crippen LogP contribution < -0.4 is 10.1 Å². The molecular formula is C17H17ClN2O4. The number of aryl methyl sites for hydroxylation is 1. The molecule has 126 valence electrons. The van der Waals surface area contributed by atoms with Gasteiger partial charge in [-0.2, -0.15) is 0 Å². The Hall–Kier alpha value is -2.60. The van der Waals surface area contributed by atoms with Crippen molar-refractivity contribution in [2.75, 3.05) is 13.7 Å². The number of nitro groups is 1. The predicted octanol–water partition coefficient (Wildman–Crippen LogP) is 3.62. The standard InChI is InChI=1S/C17H17ClN2O4/c1-24-14-7-4-12(5-8-14)3-2-10-19-17(21)13-6-9-15(18)16(11-13)20(22)23/h4-9,11H,2-3,10H2,1H3,(H,19,21). The van der Waals surface area contributed by atoms with Crippen molar-refractivity contribution in [3.05, 3.63) is 68.7 Å². The van der Waals surface area contributed by atoms with Crippen LogP contribution in [0.5, 0.6) is 5.75 Å². The zero-order valence-electron chi connectivity index (χ0n) is 13.1. The molecule has 2 aromatic carbocycles. The molecule has 0 radical (unpaired) electrons. The van der Waals surface area contributed by atoms with Gasteiger partial charge >= 0.3 is 0 Å². The first kappa shape index (κ1) is 17.7. The number of hydrogen-bond acceptors (Lipinski definition) is 4. The maximum Gasteiger partial charge on any atom is 0.288 e. The normalized spacial score (nSPS) is 10.2. The van der Waals surface area contributed by atoms with Crippen LogP contribution in [0.3, 0.4) is 0 Å². The molecular weight excluding hydrogens is 332 g/mol. The van der Waals surface area contributed by atoms with E-state index in [4.69, 9.17) is 16.3 Å². The lowest BCUT2D eigenvalue weighted by Crippen LogP contribution is -2.24. The Morgan fingerprint density at radius 1 is 1.25 bits per heavy atom. The van der Waals surface area contributed by atoms with Crippen molar-refractivity contribution in [3.63, 3.8) is 0 Å². The van der Waals surface area contributed by atoms with E-state index in [1.165, 1.54) is 18.2 Å². The zero-order chi connectivity index (χ0) is 17.5. The molecule has 1 N–H and O–H groups in total. The summed E-state index contributed by atoms with van der Waals surface area (Å²) in [6, 6.07) is 11.7. The largest absolute Gasteiger partial charge is 0.497 e. The van der Waals surface area contributed by atoms with E-state index in [2.05, 4.69) is 5.32 Å². The van der Waals surface area contributed by atoms with Crippen molar-refractivity contribution in [3.8, 4) is 5.75 Å². The average molecular weight is 349 g/mol. The van der Waals surface area contributed by atoms with Crippen LogP contribution in [0.2, 0.25) is 5.02 Å². The highest BCUT2D eigenvalue weighted by atomic mass is 35.5. The molecule has 0 bridgehead atoms. The van der Waals surface area contributed by atoms with Crippen molar-refractivity contribution in [1.29, 1.82) is 0 Å². The summed E-state index contributed by atoms with van der Waals surface area (Å²) in [5.41, 5.74) is 1.09. The number of halogens is 1. The van der Waals surface area contributed by atoms with Crippen LogP contribution in [0.15, 0.2) is 42.5 Å². The fourth-order valence-corrected chi connectivity index (χ4v) is 2.37. The number of carbonyl (C=O) groups excluding carboxylic acids is 1. The number of carbonyl (C=O) groups is 1. The number of ether oxygens (including phenoxy) is 1. The topological polar surface area (TPSA) is 81.5 Å². The third-order valence-electron chi connectivity index (χ3n) is 3.49. The second-order valence-electron chi connectivity index (χ2n) is 5.13. The molecule has 0 saturated carbocycles. The SMILES string of the molecule is COc1ccc(CCCNC(=O)c2ccc(Cl)c([N+](=O)[O-])c2)cc1. The summed E-state index contributed by atoms with van der Waals surface area (Å²) in [7, 11) is 1.62. The predicted molar refractivity (Wildman–Crippen MR) is 91.8 cm³/mol. The fraction of sp³-hybridized carbons (Fsp3) is 0.235. The minimum Gasteiger partial charge on any atom is -0.497 e. The summed E-state index contributed by atoms with van der Waals surface area (Å²) in [6.07, 6.45) is 1.57. The molecule has 0 heterocycles. The number of rotatable bonds is 7. The molecule has 0 fully saturated rings. The Morgan fingerprint density at radius 3 is 2.58 bits per heavy atom. The van der Waals surface area contributed by atoms with Crippen molar-refractivity contribution in [1.82, 2.24) is 5.32 Å². The van der Waals surface area contributed by atoms with E-state index in [0.717, 1.165) is 24.2 Å². The molecule has 0 aliphatic heterocycles. The second kappa shape index (κ2) is 8.31.